The second-order valence-electron chi connectivity index (χ2n) is 3.66. The maximum atomic E-state index is 11.7. The molecule has 0 saturated carbocycles. The third-order valence-corrected chi connectivity index (χ3v) is 2.91. The Morgan fingerprint density at radius 2 is 1.93 bits per heavy atom. The van der Waals surface area contributed by atoms with E-state index in [9.17, 15) is 9.59 Å². The van der Waals surface area contributed by atoms with Gasteiger partial charge in [-0.25, -0.2) is 0 Å². The number of hydrogen-bond acceptors (Lipinski definition) is 3. The van der Waals surface area contributed by atoms with Gasteiger partial charge in [-0.15, -0.1) is 0 Å². The highest BCUT2D eigenvalue weighted by atomic mass is 16.2. The average molecular weight is 206 g/mol. The first-order chi connectivity index (χ1) is 7.02. The Balaban J connectivity index is 3.14. The van der Waals surface area contributed by atoms with Gasteiger partial charge < -0.3 is 0 Å². The molecular formula is C11H14N2O2. The molecule has 1 aliphatic rings. The zero-order chi connectivity index (χ0) is 11.6. The number of nitriles is 1. The van der Waals surface area contributed by atoms with Crippen molar-refractivity contribution in [1.82, 2.24) is 4.90 Å². The Hall–Kier alpha value is -1.63. The minimum atomic E-state index is -0.984. The number of carbonyl (C=O) groups is 2. The molecule has 0 aromatic carbocycles. The predicted octanol–water partition coefficient (Wildman–Crippen LogP) is 1.38. The third-order valence-electron chi connectivity index (χ3n) is 2.91. The minimum Gasteiger partial charge on any atom is -0.269 e. The Bertz CT molecular complexity index is 373. The van der Waals surface area contributed by atoms with Gasteiger partial charge in [0.15, 0.2) is 0 Å². The van der Waals surface area contributed by atoms with Gasteiger partial charge in [-0.2, -0.15) is 5.26 Å². The maximum Gasteiger partial charge on any atom is 0.257 e. The summed E-state index contributed by atoms with van der Waals surface area (Å²) in [6, 6.07) is 2.09. The molecule has 15 heavy (non-hydrogen) atoms. The summed E-state index contributed by atoms with van der Waals surface area (Å²) in [6.45, 7) is 5.20. The van der Waals surface area contributed by atoms with Crippen molar-refractivity contribution in [3.63, 3.8) is 0 Å². The molecule has 4 heteroatoms. The largest absolute Gasteiger partial charge is 0.269 e. The van der Waals surface area contributed by atoms with Crippen molar-refractivity contribution in [2.75, 3.05) is 0 Å². The van der Waals surface area contributed by atoms with Crippen molar-refractivity contribution in [2.24, 2.45) is 0 Å². The summed E-state index contributed by atoms with van der Waals surface area (Å²) in [7, 11) is 0. The molecule has 4 nitrogen and oxygen atoms in total. The van der Waals surface area contributed by atoms with Gasteiger partial charge in [0, 0.05) is 11.6 Å². The molecule has 0 radical (unpaired) electrons. The highest BCUT2D eigenvalue weighted by Crippen LogP contribution is 2.28. The van der Waals surface area contributed by atoms with Crippen LogP contribution in [0.5, 0.6) is 0 Å². The molecule has 0 atom stereocenters. The zero-order valence-corrected chi connectivity index (χ0v) is 9.20. The van der Waals surface area contributed by atoms with Gasteiger partial charge in [0.2, 0.25) is 0 Å². The maximum absolute atomic E-state index is 11.7. The molecule has 1 rings (SSSR count). The molecule has 1 aliphatic heterocycles. The first kappa shape index (κ1) is 11.4. The van der Waals surface area contributed by atoms with Crippen LogP contribution in [0.1, 0.15) is 33.6 Å². The molecule has 0 spiro atoms. The molecule has 0 bridgehead atoms. The van der Waals surface area contributed by atoms with Crippen LogP contribution in [0.15, 0.2) is 11.6 Å². The lowest BCUT2D eigenvalue weighted by Gasteiger charge is -2.32. The average Bonchev–Trinajstić information content (AvgIpc) is 2.48. The van der Waals surface area contributed by atoms with Crippen molar-refractivity contribution in [3.05, 3.63) is 11.6 Å². The Labute approximate surface area is 89.2 Å². The van der Waals surface area contributed by atoms with Crippen molar-refractivity contribution in [2.45, 2.75) is 39.2 Å². The Kier molecular flexibility index (Phi) is 2.94. The van der Waals surface area contributed by atoms with Crippen LogP contribution in [0.4, 0.5) is 0 Å². The van der Waals surface area contributed by atoms with Crippen LogP contribution in [0.3, 0.4) is 0 Å². The number of nitrogens with zero attached hydrogens (tertiary/aromatic N) is 2. The van der Waals surface area contributed by atoms with Crippen LogP contribution in [0.2, 0.25) is 0 Å². The van der Waals surface area contributed by atoms with Gasteiger partial charge in [-0.05, 0) is 19.8 Å². The molecular weight excluding hydrogens is 192 g/mol. The van der Waals surface area contributed by atoms with Crippen molar-refractivity contribution in [1.29, 1.82) is 5.26 Å². The van der Waals surface area contributed by atoms with E-state index in [4.69, 9.17) is 5.26 Å². The van der Waals surface area contributed by atoms with E-state index in [1.165, 1.54) is 6.08 Å². The number of imide groups is 1. The molecule has 0 unspecified atom stereocenters. The van der Waals surface area contributed by atoms with Crippen molar-refractivity contribution in [3.8, 4) is 6.07 Å². The summed E-state index contributed by atoms with van der Waals surface area (Å²) in [5.41, 5.74) is -0.580. The molecule has 80 valence electrons. The normalized spacial score (nSPS) is 16.7. The lowest BCUT2D eigenvalue weighted by Crippen LogP contribution is -2.50. The van der Waals surface area contributed by atoms with E-state index >= 15 is 0 Å². The number of rotatable bonds is 3. The first-order valence-electron chi connectivity index (χ1n) is 5.00. The Morgan fingerprint density at radius 1 is 1.40 bits per heavy atom. The summed E-state index contributed by atoms with van der Waals surface area (Å²) in [6.07, 6.45) is 2.21. The molecule has 0 N–H and O–H groups in total. The highest BCUT2D eigenvalue weighted by molar-refractivity contribution is 6.16. The first-order valence-corrected chi connectivity index (χ1v) is 5.00. The van der Waals surface area contributed by atoms with E-state index < -0.39 is 5.54 Å². The predicted molar refractivity (Wildman–Crippen MR) is 54.5 cm³/mol. The zero-order valence-electron chi connectivity index (χ0n) is 9.20. The van der Waals surface area contributed by atoms with Crippen LogP contribution >= 0.6 is 0 Å². The molecule has 0 saturated heterocycles. The number of hydrogen-bond donors (Lipinski definition) is 0. The van der Waals surface area contributed by atoms with Gasteiger partial charge in [0.25, 0.3) is 11.8 Å². The summed E-state index contributed by atoms with van der Waals surface area (Å²) in [5, 5.41) is 9.14. The molecule has 0 aliphatic carbocycles. The summed E-state index contributed by atoms with van der Waals surface area (Å²) in [5.74, 6) is -0.715. The fraction of sp³-hybridized carbons (Fsp3) is 0.545. The Morgan fingerprint density at radius 3 is 2.20 bits per heavy atom. The second kappa shape index (κ2) is 3.85. The monoisotopic (exact) mass is 206 g/mol. The molecule has 0 aromatic rings. The van der Waals surface area contributed by atoms with Crippen LogP contribution < -0.4 is 0 Å². The van der Waals surface area contributed by atoms with Crippen LogP contribution in [0.25, 0.3) is 0 Å². The second-order valence-corrected chi connectivity index (χ2v) is 3.66. The van der Waals surface area contributed by atoms with E-state index in [0.29, 0.717) is 18.4 Å². The fourth-order valence-electron chi connectivity index (χ4n) is 1.77. The van der Waals surface area contributed by atoms with E-state index in [0.717, 1.165) is 4.90 Å². The van der Waals surface area contributed by atoms with Crippen LogP contribution in [-0.4, -0.2) is 22.3 Å². The van der Waals surface area contributed by atoms with Crippen molar-refractivity contribution >= 4 is 11.8 Å². The van der Waals surface area contributed by atoms with Crippen LogP contribution in [0, 0.1) is 11.3 Å². The molecule has 1 heterocycles. The fourth-order valence-corrected chi connectivity index (χ4v) is 1.77. The molecule has 2 amide bonds. The molecule has 0 fully saturated rings. The van der Waals surface area contributed by atoms with Gasteiger partial charge in [-0.1, -0.05) is 13.8 Å². The SMILES string of the molecule is CCC(C#N)(CC)N1C(=O)C=C(C)C1=O. The standard InChI is InChI=1S/C11H14N2O2/c1-4-11(5-2,7-12)13-9(14)6-8(3)10(13)15/h6H,4-5H2,1-3H3. The van der Waals surface area contributed by atoms with Gasteiger partial charge in [-0.3, -0.25) is 14.5 Å². The lowest BCUT2D eigenvalue weighted by atomic mass is 9.92. The lowest BCUT2D eigenvalue weighted by molar-refractivity contribution is -0.142. The summed E-state index contributed by atoms with van der Waals surface area (Å²) < 4.78 is 0. The quantitative estimate of drug-likeness (QED) is 0.655. The number of carbonyl (C=O) groups excluding carboxylic acids is 2. The summed E-state index contributed by atoms with van der Waals surface area (Å²) >= 11 is 0. The van der Waals surface area contributed by atoms with Gasteiger partial charge >= 0.3 is 0 Å². The summed E-state index contributed by atoms with van der Waals surface area (Å²) in [4.78, 5) is 24.4. The van der Waals surface area contributed by atoms with E-state index in [2.05, 4.69) is 6.07 Å². The van der Waals surface area contributed by atoms with Crippen molar-refractivity contribution < 1.29 is 9.59 Å². The van der Waals surface area contributed by atoms with E-state index in [1.807, 2.05) is 0 Å². The minimum absolute atomic E-state index is 0.342. The van der Waals surface area contributed by atoms with Gasteiger partial charge in [0.05, 0.1) is 6.07 Å². The smallest absolute Gasteiger partial charge is 0.257 e. The highest BCUT2D eigenvalue weighted by Gasteiger charge is 2.44. The van der Waals surface area contributed by atoms with E-state index in [-0.39, 0.29) is 11.8 Å². The van der Waals surface area contributed by atoms with Gasteiger partial charge in [0.1, 0.15) is 5.54 Å². The topological polar surface area (TPSA) is 61.2 Å². The third kappa shape index (κ3) is 1.54. The molecule has 0 aromatic heterocycles. The van der Waals surface area contributed by atoms with Crippen LogP contribution in [-0.2, 0) is 9.59 Å². The number of amides is 2. The van der Waals surface area contributed by atoms with E-state index in [1.54, 1.807) is 20.8 Å².